The number of rotatable bonds is 5. The molecule has 1 aromatic carbocycles. The minimum Gasteiger partial charge on any atom is -0.508 e. The fourth-order valence-corrected chi connectivity index (χ4v) is 3.38. The van der Waals surface area contributed by atoms with E-state index in [0.717, 1.165) is 17.9 Å². The zero-order valence-electron chi connectivity index (χ0n) is 12.2. The molecular formula is C17H27NO. The molecule has 1 fully saturated rings. The fourth-order valence-electron chi connectivity index (χ4n) is 3.38. The quantitative estimate of drug-likeness (QED) is 0.823. The molecule has 0 saturated heterocycles. The molecule has 2 N–H and O–H groups in total. The summed E-state index contributed by atoms with van der Waals surface area (Å²) in [7, 11) is 0. The van der Waals surface area contributed by atoms with Gasteiger partial charge >= 0.3 is 0 Å². The molecule has 0 aromatic heterocycles. The van der Waals surface area contributed by atoms with Gasteiger partial charge in [0.05, 0.1) is 0 Å². The summed E-state index contributed by atoms with van der Waals surface area (Å²) in [6, 6.07) is 8.62. The van der Waals surface area contributed by atoms with Crippen LogP contribution in [-0.2, 0) is 0 Å². The molecule has 2 rings (SSSR count). The van der Waals surface area contributed by atoms with Crippen molar-refractivity contribution in [1.29, 1.82) is 0 Å². The Balaban J connectivity index is 2.08. The molecule has 3 unspecified atom stereocenters. The van der Waals surface area contributed by atoms with Crippen molar-refractivity contribution in [3.8, 4) is 5.75 Å². The van der Waals surface area contributed by atoms with Crippen molar-refractivity contribution < 1.29 is 5.11 Å². The van der Waals surface area contributed by atoms with E-state index in [9.17, 15) is 5.11 Å². The molecule has 0 spiro atoms. The average Bonchev–Trinajstić information content (AvgIpc) is 2.46. The van der Waals surface area contributed by atoms with Crippen LogP contribution < -0.4 is 5.32 Å². The minimum atomic E-state index is 0.276. The third-order valence-corrected chi connectivity index (χ3v) is 4.57. The van der Waals surface area contributed by atoms with Gasteiger partial charge in [-0.25, -0.2) is 0 Å². The Bertz CT molecular complexity index is 391. The van der Waals surface area contributed by atoms with Gasteiger partial charge in [-0.1, -0.05) is 51.3 Å². The highest BCUT2D eigenvalue weighted by Gasteiger charge is 2.26. The summed E-state index contributed by atoms with van der Waals surface area (Å²) >= 11 is 0. The number of para-hydroxylation sites is 1. The van der Waals surface area contributed by atoms with E-state index in [1.165, 1.54) is 32.1 Å². The highest BCUT2D eigenvalue weighted by atomic mass is 16.3. The Morgan fingerprint density at radius 1 is 1.21 bits per heavy atom. The van der Waals surface area contributed by atoms with Gasteiger partial charge in [-0.15, -0.1) is 0 Å². The number of aromatic hydroxyl groups is 1. The Morgan fingerprint density at radius 3 is 2.63 bits per heavy atom. The summed E-state index contributed by atoms with van der Waals surface area (Å²) in [5.74, 6) is 1.22. The number of phenols is 1. The SMILES string of the molecule is CCC(NC1CCCCC1CC)c1ccccc1O. The van der Waals surface area contributed by atoms with Crippen LogP contribution in [0.25, 0.3) is 0 Å². The predicted molar refractivity (Wildman–Crippen MR) is 80.3 cm³/mol. The van der Waals surface area contributed by atoms with Gasteiger partial charge in [0.15, 0.2) is 0 Å². The van der Waals surface area contributed by atoms with Crippen LogP contribution in [0.15, 0.2) is 24.3 Å². The van der Waals surface area contributed by atoms with Gasteiger partial charge in [-0.2, -0.15) is 0 Å². The molecule has 1 saturated carbocycles. The summed E-state index contributed by atoms with van der Waals surface area (Å²) in [4.78, 5) is 0. The third-order valence-electron chi connectivity index (χ3n) is 4.57. The van der Waals surface area contributed by atoms with E-state index in [1.54, 1.807) is 6.07 Å². The van der Waals surface area contributed by atoms with Gasteiger partial charge in [-0.05, 0) is 31.2 Å². The minimum absolute atomic E-state index is 0.276. The molecule has 0 heterocycles. The topological polar surface area (TPSA) is 32.3 Å². The maximum atomic E-state index is 10.0. The van der Waals surface area contributed by atoms with E-state index in [1.807, 2.05) is 18.2 Å². The number of benzene rings is 1. The first-order chi connectivity index (χ1) is 9.26. The Morgan fingerprint density at radius 2 is 1.95 bits per heavy atom. The highest BCUT2D eigenvalue weighted by molar-refractivity contribution is 5.34. The van der Waals surface area contributed by atoms with Gasteiger partial charge in [0.25, 0.3) is 0 Å². The van der Waals surface area contributed by atoms with E-state index in [4.69, 9.17) is 0 Å². The largest absolute Gasteiger partial charge is 0.508 e. The van der Waals surface area contributed by atoms with Crippen LogP contribution in [0.5, 0.6) is 5.75 Å². The Kier molecular flexibility index (Phi) is 5.26. The molecule has 3 atom stereocenters. The fraction of sp³-hybridized carbons (Fsp3) is 0.647. The molecular weight excluding hydrogens is 234 g/mol. The standard InChI is InChI=1S/C17H27NO/c1-3-13-9-5-7-11-16(13)18-15(4-2)14-10-6-8-12-17(14)19/h6,8,10,12-13,15-16,18-19H,3-5,7,9,11H2,1-2H3. The Hall–Kier alpha value is -1.02. The van der Waals surface area contributed by atoms with Gasteiger partial charge in [0, 0.05) is 17.6 Å². The molecule has 19 heavy (non-hydrogen) atoms. The maximum Gasteiger partial charge on any atom is 0.120 e. The average molecular weight is 261 g/mol. The van der Waals surface area contributed by atoms with Crippen molar-refractivity contribution in [3.05, 3.63) is 29.8 Å². The molecule has 0 amide bonds. The molecule has 1 aliphatic carbocycles. The van der Waals surface area contributed by atoms with Crippen molar-refractivity contribution in [3.63, 3.8) is 0 Å². The van der Waals surface area contributed by atoms with E-state index in [2.05, 4.69) is 19.2 Å². The molecule has 0 radical (unpaired) electrons. The van der Waals surface area contributed by atoms with Gasteiger partial charge < -0.3 is 10.4 Å². The van der Waals surface area contributed by atoms with Gasteiger partial charge in [-0.3, -0.25) is 0 Å². The first-order valence-corrected chi connectivity index (χ1v) is 7.80. The first kappa shape index (κ1) is 14.4. The second-order valence-corrected chi connectivity index (χ2v) is 5.75. The second kappa shape index (κ2) is 6.95. The summed E-state index contributed by atoms with van der Waals surface area (Å²) < 4.78 is 0. The highest BCUT2D eigenvalue weighted by Crippen LogP contribution is 2.31. The number of hydrogen-bond acceptors (Lipinski definition) is 2. The van der Waals surface area contributed by atoms with Crippen molar-refractivity contribution in [1.82, 2.24) is 5.32 Å². The molecule has 1 aliphatic rings. The Labute approximate surface area is 117 Å². The molecule has 106 valence electrons. The van der Waals surface area contributed by atoms with Crippen molar-refractivity contribution >= 4 is 0 Å². The van der Waals surface area contributed by atoms with E-state index < -0.39 is 0 Å². The van der Waals surface area contributed by atoms with E-state index >= 15 is 0 Å². The summed E-state index contributed by atoms with van der Waals surface area (Å²) in [5.41, 5.74) is 1.05. The lowest BCUT2D eigenvalue weighted by molar-refractivity contribution is 0.233. The van der Waals surface area contributed by atoms with Crippen LogP contribution in [0.3, 0.4) is 0 Å². The summed E-state index contributed by atoms with van der Waals surface area (Å²) in [6.07, 6.45) is 7.63. The van der Waals surface area contributed by atoms with Crippen LogP contribution >= 0.6 is 0 Å². The third kappa shape index (κ3) is 3.50. The molecule has 2 heteroatoms. The monoisotopic (exact) mass is 261 g/mol. The lowest BCUT2D eigenvalue weighted by Crippen LogP contribution is -2.40. The number of hydrogen-bond donors (Lipinski definition) is 2. The lowest BCUT2D eigenvalue weighted by Gasteiger charge is -2.35. The van der Waals surface area contributed by atoms with Crippen molar-refractivity contribution in [2.45, 2.75) is 64.5 Å². The number of nitrogens with one attached hydrogen (secondary N) is 1. The van der Waals surface area contributed by atoms with Crippen LogP contribution in [0.4, 0.5) is 0 Å². The summed E-state index contributed by atoms with van der Waals surface area (Å²) in [5, 5.41) is 13.8. The van der Waals surface area contributed by atoms with E-state index in [0.29, 0.717) is 11.8 Å². The van der Waals surface area contributed by atoms with Crippen molar-refractivity contribution in [2.75, 3.05) is 0 Å². The van der Waals surface area contributed by atoms with Crippen LogP contribution in [0.2, 0.25) is 0 Å². The normalized spacial score (nSPS) is 25.2. The van der Waals surface area contributed by atoms with Crippen LogP contribution in [-0.4, -0.2) is 11.1 Å². The van der Waals surface area contributed by atoms with Crippen molar-refractivity contribution in [2.24, 2.45) is 5.92 Å². The first-order valence-electron chi connectivity index (χ1n) is 7.80. The maximum absolute atomic E-state index is 10.0. The van der Waals surface area contributed by atoms with Gasteiger partial charge in [0.1, 0.15) is 5.75 Å². The molecule has 2 nitrogen and oxygen atoms in total. The molecule has 0 bridgehead atoms. The molecule has 0 aliphatic heterocycles. The van der Waals surface area contributed by atoms with Crippen LogP contribution in [0.1, 0.15) is 64.0 Å². The second-order valence-electron chi connectivity index (χ2n) is 5.75. The van der Waals surface area contributed by atoms with Gasteiger partial charge in [0.2, 0.25) is 0 Å². The number of phenolic OH excluding ortho intramolecular Hbond substituents is 1. The van der Waals surface area contributed by atoms with E-state index in [-0.39, 0.29) is 6.04 Å². The van der Waals surface area contributed by atoms with Crippen LogP contribution in [0, 0.1) is 5.92 Å². The zero-order valence-corrected chi connectivity index (χ0v) is 12.2. The lowest BCUT2D eigenvalue weighted by atomic mass is 9.82. The molecule has 1 aromatic rings. The zero-order chi connectivity index (χ0) is 13.7. The smallest absolute Gasteiger partial charge is 0.120 e. The predicted octanol–water partition coefficient (Wildman–Crippen LogP) is 4.40. The summed E-state index contributed by atoms with van der Waals surface area (Å²) in [6.45, 7) is 4.49.